The third-order valence-corrected chi connectivity index (χ3v) is 3.82. The molecular formula is C14H30N3Y-. The van der Waals surface area contributed by atoms with E-state index in [4.69, 9.17) is 0 Å². The van der Waals surface area contributed by atoms with Crippen LogP contribution < -0.4 is 0 Å². The van der Waals surface area contributed by atoms with Crippen LogP contribution in [0.15, 0.2) is 0 Å². The average molecular weight is 329 g/mol. The summed E-state index contributed by atoms with van der Waals surface area (Å²) in [5, 5.41) is 4.40. The number of piperidine rings is 1. The van der Waals surface area contributed by atoms with Crippen molar-refractivity contribution >= 4 is 0 Å². The molecule has 0 aliphatic carbocycles. The zero-order valence-corrected chi connectivity index (χ0v) is 15.4. The van der Waals surface area contributed by atoms with Gasteiger partial charge in [0.2, 0.25) is 0 Å². The summed E-state index contributed by atoms with van der Waals surface area (Å²) < 4.78 is 0. The second kappa shape index (κ2) is 11.8. The molecule has 0 unspecified atom stereocenters. The first-order valence-corrected chi connectivity index (χ1v) is 7.46. The van der Waals surface area contributed by atoms with Gasteiger partial charge in [-0.25, -0.2) is 0 Å². The molecule has 0 bridgehead atoms. The molecule has 0 aromatic rings. The fraction of sp³-hybridized carbons (Fsp3) is 1.00. The van der Waals surface area contributed by atoms with Gasteiger partial charge in [0.05, 0.1) is 0 Å². The zero-order valence-electron chi connectivity index (χ0n) is 12.6. The molecule has 0 spiro atoms. The van der Waals surface area contributed by atoms with Crippen LogP contribution in [0.4, 0.5) is 0 Å². The molecule has 2 aliphatic rings. The first-order chi connectivity index (χ1) is 8.38. The van der Waals surface area contributed by atoms with Gasteiger partial charge in [-0.1, -0.05) is 20.8 Å². The van der Waals surface area contributed by atoms with Gasteiger partial charge in [0, 0.05) is 39.3 Å². The van der Waals surface area contributed by atoms with Crippen molar-refractivity contribution in [1.29, 1.82) is 0 Å². The maximum Gasteiger partial charge on any atom is 0.000920 e. The maximum absolute atomic E-state index is 4.40. The van der Waals surface area contributed by atoms with Crippen LogP contribution in [-0.2, 0) is 32.7 Å². The summed E-state index contributed by atoms with van der Waals surface area (Å²) in [5.41, 5.74) is 0. The number of hydrogen-bond acceptors (Lipinski definition) is 2. The van der Waals surface area contributed by atoms with Crippen LogP contribution in [0.5, 0.6) is 0 Å². The number of likely N-dealkylation sites (tertiary alicyclic amines) is 1. The monoisotopic (exact) mass is 329 g/mol. The predicted molar refractivity (Wildman–Crippen MR) is 75.7 cm³/mol. The van der Waals surface area contributed by atoms with E-state index in [0.717, 1.165) is 19.0 Å². The molecule has 0 saturated carbocycles. The third-order valence-electron chi connectivity index (χ3n) is 3.82. The van der Waals surface area contributed by atoms with E-state index in [9.17, 15) is 0 Å². The van der Waals surface area contributed by atoms with Gasteiger partial charge >= 0.3 is 0 Å². The van der Waals surface area contributed by atoms with Gasteiger partial charge in [0.25, 0.3) is 0 Å². The normalized spacial score (nSPS) is 22.8. The molecule has 0 amide bonds. The Hall–Kier alpha value is 0.984. The Bertz CT molecular complexity index is 176. The summed E-state index contributed by atoms with van der Waals surface area (Å²) in [5.74, 6) is 0.950. The smallest absolute Gasteiger partial charge is 0.000920 e. The van der Waals surface area contributed by atoms with Crippen molar-refractivity contribution in [2.45, 2.75) is 33.6 Å². The number of rotatable bonds is 3. The van der Waals surface area contributed by atoms with Crippen molar-refractivity contribution in [3.63, 3.8) is 0 Å². The van der Waals surface area contributed by atoms with E-state index in [0.29, 0.717) is 0 Å². The summed E-state index contributed by atoms with van der Waals surface area (Å²) in [4.78, 5) is 5.18. The van der Waals surface area contributed by atoms with Gasteiger partial charge in [-0.3, -0.25) is 0 Å². The predicted octanol–water partition coefficient (Wildman–Crippen LogP) is 2.43. The van der Waals surface area contributed by atoms with Crippen LogP contribution in [-0.4, -0.2) is 62.2 Å². The molecule has 2 saturated heterocycles. The molecule has 2 rings (SSSR count). The summed E-state index contributed by atoms with van der Waals surface area (Å²) in [6.07, 6.45) is 2.81. The minimum absolute atomic E-state index is 0. The molecule has 3 nitrogen and oxygen atoms in total. The standard InChI is InChI=1S/C12H24N3.C2H6.Y/c1-2-14-7-3-12(4-8-14)11-15-9-5-13-6-10-15;1-2;/h12H,2-11H2,1H3;1-2H3;/q-1;;. The Morgan fingerprint density at radius 1 is 0.944 bits per heavy atom. The van der Waals surface area contributed by atoms with Crippen molar-refractivity contribution in [2.75, 3.05) is 52.4 Å². The fourth-order valence-electron chi connectivity index (χ4n) is 2.68. The minimum Gasteiger partial charge on any atom is -0.660 e. The van der Waals surface area contributed by atoms with Gasteiger partial charge in [0.15, 0.2) is 0 Å². The molecular weight excluding hydrogens is 299 g/mol. The zero-order chi connectivity index (χ0) is 12.5. The quantitative estimate of drug-likeness (QED) is 0.793. The van der Waals surface area contributed by atoms with E-state index >= 15 is 0 Å². The summed E-state index contributed by atoms with van der Waals surface area (Å²) in [6.45, 7) is 16.0. The van der Waals surface area contributed by atoms with Crippen molar-refractivity contribution in [2.24, 2.45) is 5.92 Å². The van der Waals surface area contributed by atoms with E-state index in [1.54, 1.807) is 0 Å². The van der Waals surface area contributed by atoms with Crippen LogP contribution in [0, 0.1) is 5.92 Å². The number of nitrogens with zero attached hydrogens (tertiary/aromatic N) is 3. The first kappa shape index (κ1) is 19.0. The molecule has 0 N–H and O–H groups in total. The van der Waals surface area contributed by atoms with Crippen LogP contribution >= 0.6 is 0 Å². The fourth-order valence-corrected chi connectivity index (χ4v) is 2.68. The number of hydrogen-bond donors (Lipinski definition) is 0. The van der Waals surface area contributed by atoms with Crippen LogP contribution in [0.25, 0.3) is 5.32 Å². The van der Waals surface area contributed by atoms with Crippen molar-refractivity contribution in [3.05, 3.63) is 5.32 Å². The largest absolute Gasteiger partial charge is 0.660 e. The van der Waals surface area contributed by atoms with Gasteiger partial charge in [-0.15, -0.1) is 13.1 Å². The Labute approximate surface area is 139 Å². The van der Waals surface area contributed by atoms with Crippen molar-refractivity contribution in [1.82, 2.24) is 9.80 Å². The van der Waals surface area contributed by atoms with Crippen molar-refractivity contribution in [3.8, 4) is 0 Å². The molecule has 0 aromatic heterocycles. The molecule has 2 aliphatic heterocycles. The summed E-state index contributed by atoms with van der Waals surface area (Å²) in [7, 11) is 0. The van der Waals surface area contributed by atoms with Crippen LogP contribution in [0.1, 0.15) is 33.6 Å². The Kier molecular flexibility index (Phi) is 12.4. The molecule has 2 fully saturated rings. The molecule has 105 valence electrons. The van der Waals surface area contributed by atoms with Gasteiger partial charge in [0.1, 0.15) is 0 Å². The van der Waals surface area contributed by atoms with Crippen LogP contribution in [0.2, 0.25) is 0 Å². The number of piperazine rings is 1. The van der Waals surface area contributed by atoms with Gasteiger partial charge in [-0.05, 0) is 51.5 Å². The summed E-state index contributed by atoms with van der Waals surface area (Å²) in [6, 6.07) is 0. The molecule has 0 atom stereocenters. The van der Waals surface area contributed by atoms with E-state index in [1.165, 1.54) is 52.1 Å². The van der Waals surface area contributed by atoms with Gasteiger partial charge in [-0.2, -0.15) is 0 Å². The molecule has 2 heterocycles. The topological polar surface area (TPSA) is 20.6 Å². The molecule has 4 heteroatoms. The Morgan fingerprint density at radius 2 is 1.50 bits per heavy atom. The average Bonchev–Trinajstić information content (AvgIpc) is 2.43. The Morgan fingerprint density at radius 3 is 2.00 bits per heavy atom. The van der Waals surface area contributed by atoms with Gasteiger partial charge < -0.3 is 15.1 Å². The Balaban J connectivity index is 0.000000917. The minimum atomic E-state index is 0. The second-order valence-corrected chi connectivity index (χ2v) is 4.85. The molecule has 1 radical (unpaired) electrons. The third kappa shape index (κ3) is 6.95. The van der Waals surface area contributed by atoms with E-state index in [-0.39, 0.29) is 32.7 Å². The van der Waals surface area contributed by atoms with E-state index in [2.05, 4.69) is 22.0 Å². The molecule has 0 aromatic carbocycles. The maximum atomic E-state index is 4.40. The van der Waals surface area contributed by atoms with Crippen molar-refractivity contribution < 1.29 is 32.7 Å². The summed E-state index contributed by atoms with van der Waals surface area (Å²) >= 11 is 0. The van der Waals surface area contributed by atoms with E-state index in [1.807, 2.05) is 13.8 Å². The van der Waals surface area contributed by atoms with Crippen LogP contribution in [0.3, 0.4) is 0 Å². The first-order valence-electron chi connectivity index (χ1n) is 7.46. The van der Waals surface area contributed by atoms with E-state index < -0.39 is 0 Å². The second-order valence-electron chi connectivity index (χ2n) is 4.85. The SMILES string of the molecule is CC.CCN1CCC(CN2CC[N-]CC2)CC1.[Y]. The molecule has 18 heavy (non-hydrogen) atoms.